The van der Waals surface area contributed by atoms with E-state index in [1.54, 1.807) is 6.92 Å². The monoisotopic (exact) mass is 341 g/mol. The fourth-order valence-corrected chi connectivity index (χ4v) is 5.86. The van der Waals surface area contributed by atoms with Crippen LogP contribution in [0.4, 0.5) is 0 Å². The molecule has 0 aromatic carbocycles. The fraction of sp³-hybridized carbons (Fsp3) is 0.684. The molecular formula is C19H23N3O3. The van der Waals surface area contributed by atoms with Gasteiger partial charge in [0, 0.05) is 18.2 Å². The molecule has 132 valence electrons. The van der Waals surface area contributed by atoms with Crippen LogP contribution in [-0.4, -0.2) is 14.9 Å². The highest BCUT2D eigenvalue weighted by Crippen LogP contribution is 2.60. The smallest absolute Gasteiger partial charge is 0.299 e. The molecule has 4 aliphatic carbocycles. The van der Waals surface area contributed by atoms with Crippen LogP contribution in [0.5, 0.6) is 0 Å². The molecule has 0 spiro atoms. The molecular weight excluding hydrogens is 318 g/mol. The van der Waals surface area contributed by atoms with Crippen molar-refractivity contribution < 1.29 is 4.79 Å². The van der Waals surface area contributed by atoms with Gasteiger partial charge >= 0.3 is 5.69 Å². The van der Waals surface area contributed by atoms with Crippen LogP contribution in [0, 0.1) is 34.5 Å². The molecule has 1 heterocycles. The Labute approximate surface area is 146 Å². The van der Waals surface area contributed by atoms with Gasteiger partial charge in [0.1, 0.15) is 11.6 Å². The second-order valence-corrected chi connectivity index (χ2v) is 8.24. The number of nitriles is 1. The molecule has 4 saturated carbocycles. The summed E-state index contributed by atoms with van der Waals surface area (Å²) in [4.78, 5) is 38.1. The molecule has 0 N–H and O–H groups in total. The molecule has 5 rings (SSSR count). The zero-order valence-electron chi connectivity index (χ0n) is 14.5. The van der Waals surface area contributed by atoms with Gasteiger partial charge in [0.15, 0.2) is 5.78 Å². The number of nitrogens with zero attached hydrogens (tertiary/aromatic N) is 3. The van der Waals surface area contributed by atoms with Crippen LogP contribution < -0.4 is 11.2 Å². The van der Waals surface area contributed by atoms with E-state index >= 15 is 0 Å². The quantitative estimate of drug-likeness (QED) is 0.834. The molecule has 0 amide bonds. The van der Waals surface area contributed by atoms with E-state index in [0.717, 1.165) is 23.8 Å². The summed E-state index contributed by atoms with van der Waals surface area (Å²) in [5.74, 6) is 1.91. The number of Topliss-reactive ketones (excluding diaryl/α,β-unsaturated/α-hetero) is 1. The lowest BCUT2D eigenvalue weighted by Crippen LogP contribution is -2.52. The van der Waals surface area contributed by atoms with Gasteiger partial charge in [-0.25, -0.2) is 4.79 Å². The molecule has 0 saturated heterocycles. The highest BCUT2D eigenvalue weighted by atomic mass is 16.2. The number of ketones is 1. The average molecular weight is 341 g/mol. The minimum absolute atomic E-state index is 0.0172. The first kappa shape index (κ1) is 16.3. The largest absolute Gasteiger partial charge is 0.331 e. The summed E-state index contributed by atoms with van der Waals surface area (Å²) in [5.41, 5.74) is -1.57. The lowest BCUT2D eigenvalue weighted by Gasteiger charge is -2.56. The second-order valence-electron chi connectivity index (χ2n) is 8.24. The van der Waals surface area contributed by atoms with Crippen LogP contribution in [0.2, 0.25) is 0 Å². The summed E-state index contributed by atoms with van der Waals surface area (Å²) in [5, 5.41) is 9.15. The van der Waals surface area contributed by atoms with Gasteiger partial charge in [-0.3, -0.25) is 18.7 Å². The Morgan fingerprint density at radius 3 is 2.24 bits per heavy atom. The molecule has 0 radical (unpaired) electrons. The Morgan fingerprint density at radius 1 is 1.20 bits per heavy atom. The van der Waals surface area contributed by atoms with E-state index in [4.69, 9.17) is 5.26 Å². The SMILES string of the molecule is CCn1cc(C#N)c(=O)n(CC(=O)C23CC4CC(CC(C4)C2)C3)c1=O. The normalized spacial score (nSPS) is 32.6. The number of aryl methyl sites for hydroxylation is 1. The number of hydrogen-bond acceptors (Lipinski definition) is 4. The van der Waals surface area contributed by atoms with Crippen molar-refractivity contribution in [1.29, 1.82) is 5.26 Å². The number of hydrogen-bond donors (Lipinski definition) is 0. The lowest BCUT2D eigenvalue weighted by molar-refractivity contribution is -0.144. The van der Waals surface area contributed by atoms with E-state index in [1.165, 1.54) is 30.0 Å². The molecule has 0 unspecified atom stereocenters. The van der Waals surface area contributed by atoms with Crippen LogP contribution in [0.3, 0.4) is 0 Å². The number of rotatable bonds is 4. The van der Waals surface area contributed by atoms with E-state index in [9.17, 15) is 14.4 Å². The first-order valence-corrected chi connectivity index (χ1v) is 9.23. The minimum Gasteiger partial charge on any atom is -0.299 e. The van der Waals surface area contributed by atoms with Gasteiger partial charge in [0.05, 0.1) is 6.54 Å². The first-order chi connectivity index (χ1) is 12.0. The number of carbonyl (C=O) groups is 1. The first-order valence-electron chi connectivity index (χ1n) is 9.23. The third kappa shape index (κ3) is 2.48. The van der Waals surface area contributed by atoms with E-state index in [0.29, 0.717) is 24.3 Å². The molecule has 6 heteroatoms. The molecule has 4 aliphatic rings. The fourth-order valence-electron chi connectivity index (χ4n) is 5.86. The number of carbonyl (C=O) groups excluding carboxylic acids is 1. The van der Waals surface area contributed by atoms with Crippen LogP contribution in [0.15, 0.2) is 15.8 Å². The van der Waals surface area contributed by atoms with Crippen molar-refractivity contribution >= 4 is 5.78 Å². The zero-order chi connectivity index (χ0) is 17.8. The van der Waals surface area contributed by atoms with Crippen LogP contribution in [0.25, 0.3) is 0 Å². The molecule has 1 aromatic rings. The van der Waals surface area contributed by atoms with Gasteiger partial charge < -0.3 is 0 Å². The van der Waals surface area contributed by atoms with Crippen molar-refractivity contribution in [2.45, 2.75) is 58.5 Å². The Morgan fingerprint density at radius 2 is 1.76 bits per heavy atom. The Balaban J connectivity index is 1.69. The third-order valence-corrected chi connectivity index (χ3v) is 6.63. The average Bonchev–Trinajstić information content (AvgIpc) is 2.57. The van der Waals surface area contributed by atoms with Gasteiger partial charge in [-0.15, -0.1) is 0 Å². The number of aromatic nitrogens is 2. The van der Waals surface area contributed by atoms with Crippen LogP contribution >= 0.6 is 0 Å². The third-order valence-electron chi connectivity index (χ3n) is 6.63. The van der Waals surface area contributed by atoms with E-state index in [2.05, 4.69) is 0 Å². The zero-order valence-corrected chi connectivity index (χ0v) is 14.5. The summed E-state index contributed by atoms with van der Waals surface area (Å²) >= 11 is 0. The second kappa shape index (κ2) is 5.69. The summed E-state index contributed by atoms with van der Waals surface area (Å²) in [7, 11) is 0. The van der Waals surface area contributed by atoms with Crippen molar-refractivity contribution in [3.8, 4) is 6.07 Å². The highest BCUT2D eigenvalue weighted by Gasteiger charge is 2.54. The Hall–Kier alpha value is -2.16. The predicted octanol–water partition coefficient (Wildman–Crippen LogP) is 1.69. The van der Waals surface area contributed by atoms with Gasteiger partial charge in [-0.05, 0) is 63.2 Å². The van der Waals surface area contributed by atoms with Crippen molar-refractivity contribution in [1.82, 2.24) is 9.13 Å². The van der Waals surface area contributed by atoms with Crippen molar-refractivity contribution in [2.75, 3.05) is 0 Å². The van der Waals surface area contributed by atoms with Gasteiger partial charge in [-0.1, -0.05) is 0 Å². The predicted molar refractivity (Wildman–Crippen MR) is 91.0 cm³/mol. The summed E-state index contributed by atoms with van der Waals surface area (Å²) in [6.45, 7) is 1.94. The topological polar surface area (TPSA) is 84.9 Å². The van der Waals surface area contributed by atoms with Gasteiger partial charge in [0.25, 0.3) is 5.56 Å². The van der Waals surface area contributed by atoms with Gasteiger partial charge in [-0.2, -0.15) is 5.26 Å². The van der Waals surface area contributed by atoms with Crippen molar-refractivity contribution in [2.24, 2.45) is 23.2 Å². The van der Waals surface area contributed by atoms with E-state index in [1.807, 2.05) is 6.07 Å². The molecule has 0 atom stereocenters. The maximum atomic E-state index is 13.2. The lowest BCUT2D eigenvalue weighted by atomic mass is 9.48. The standard InChI is InChI=1S/C19H23N3O3/c1-2-21-10-15(9-20)17(24)22(18(21)25)11-16(23)19-6-12-3-13(7-19)5-14(4-12)8-19/h10,12-14H,2-8,11H2,1H3. The molecule has 4 bridgehead atoms. The molecule has 25 heavy (non-hydrogen) atoms. The van der Waals surface area contributed by atoms with E-state index in [-0.39, 0.29) is 23.3 Å². The van der Waals surface area contributed by atoms with E-state index < -0.39 is 11.2 Å². The molecule has 6 nitrogen and oxygen atoms in total. The molecule has 0 aliphatic heterocycles. The minimum atomic E-state index is -0.643. The summed E-state index contributed by atoms with van der Waals surface area (Å²) in [6.07, 6.45) is 7.72. The van der Waals surface area contributed by atoms with Crippen molar-refractivity contribution in [3.05, 3.63) is 32.6 Å². The Bertz CT molecular complexity index is 851. The van der Waals surface area contributed by atoms with Crippen molar-refractivity contribution in [3.63, 3.8) is 0 Å². The maximum absolute atomic E-state index is 13.2. The summed E-state index contributed by atoms with van der Waals surface area (Å²) < 4.78 is 2.30. The molecule has 4 fully saturated rings. The highest BCUT2D eigenvalue weighted by molar-refractivity contribution is 5.85. The Kier molecular flexibility index (Phi) is 3.71. The summed E-state index contributed by atoms with van der Waals surface area (Å²) in [6, 6.07) is 1.84. The maximum Gasteiger partial charge on any atom is 0.331 e. The van der Waals surface area contributed by atoms with Crippen LogP contribution in [0.1, 0.15) is 51.0 Å². The van der Waals surface area contributed by atoms with Crippen LogP contribution in [-0.2, 0) is 17.9 Å². The molecule has 1 aromatic heterocycles. The van der Waals surface area contributed by atoms with Gasteiger partial charge in [0.2, 0.25) is 0 Å².